The number of benzene rings is 2. The molecule has 10 heteroatoms. The van der Waals surface area contributed by atoms with E-state index in [2.05, 4.69) is 25.1 Å². The summed E-state index contributed by atoms with van der Waals surface area (Å²) in [5, 5.41) is 8.89. The summed E-state index contributed by atoms with van der Waals surface area (Å²) in [7, 11) is 0. The predicted octanol–water partition coefficient (Wildman–Crippen LogP) is 3.36. The molecule has 3 aliphatic rings. The van der Waals surface area contributed by atoms with E-state index < -0.39 is 12.2 Å². The molecule has 2 atom stereocenters. The maximum absolute atomic E-state index is 15.8. The molecule has 0 radical (unpaired) electrons. The van der Waals surface area contributed by atoms with Crippen molar-refractivity contribution >= 4 is 16.9 Å². The number of nitrogens with two attached hydrogens (primary N) is 1. The van der Waals surface area contributed by atoms with Crippen molar-refractivity contribution in [2.24, 2.45) is 5.92 Å². The standard InChI is InChI=1S/C29H33FN8O/c30-24-17-37(21-15-36(16-21)14-19-12-32-13-19)11-10-25(24)38-29-26(28(31)33-18-34-29)27(35-38)20-6-8-23(9-7-20)39-22-4-2-1-3-5-22/h1-9,18-19,21,24-25,32H,10-17H2,(H2,31,33,34)/t24-,25?/m0/s1. The van der Waals surface area contributed by atoms with Crippen LogP contribution in [0.4, 0.5) is 10.2 Å². The Morgan fingerprint density at radius 3 is 2.46 bits per heavy atom. The van der Waals surface area contributed by atoms with E-state index in [0.29, 0.717) is 47.3 Å². The molecule has 0 aliphatic carbocycles. The van der Waals surface area contributed by atoms with E-state index in [4.69, 9.17) is 15.6 Å². The third kappa shape index (κ3) is 4.73. The highest BCUT2D eigenvalue weighted by atomic mass is 19.1. The van der Waals surface area contributed by atoms with Gasteiger partial charge in [-0.15, -0.1) is 0 Å². The van der Waals surface area contributed by atoms with E-state index in [9.17, 15) is 0 Å². The number of aromatic nitrogens is 4. The van der Waals surface area contributed by atoms with Gasteiger partial charge < -0.3 is 15.8 Å². The Bertz CT molecular complexity index is 1440. The molecule has 7 rings (SSSR count). The summed E-state index contributed by atoms with van der Waals surface area (Å²) in [6.07, 6.45) is 1.06. The fourth-order valence-corrected chi connectivity index (χ4v) is 6.02. The van der Waals surface area contributed by atoms with Crippen LogP contribution < -0.4 is 15.8 Å². The van der Waals surface area contributed by atoms with Crippen LogP contribution in [0.5, 0.6) is 11.5 Å². The lowest BCUT2D eigenvalue weighted by atomic mass is 9.96. The molecule has 0 bridgehead atoms. The highest BCUT2D eigenvalue weighted by molar-refractivity contribution is 5.98. The molecule has 0 saturated carbocycles. The lowest BCUT2D eigenvalue weighted by Crippen LogP contribution is -2.64. The molecule has 3 saturated heterocycles. The van der Waals surface area contributed by atoms with Crippen molar-refractivity contribution < 1.29 is 9.13 Å². The number of anilines is 1. The Balaban J connectivity index is 1.09. The van der Waals surface area contributed by atoms with Crippen molar-refractivity contribution in [2.75, 3.05) is 51.5 Å². The van der Waals surface area contributed by atoms with Gasteiger partial charge in [0.25, 0.3) is 0 Å². The molecule has 2 aromatic carbocycles. The Morgan fingerprint density at radius 1 is 0.974 bits per heavy atom. The van der Waals surface area contributed by atoms with E-state index in [1.807, 2.05) is 54.6 Å². The first-order chi connectivity index (χ1) is 19.1. The van der Waals surface area contributed by atoms with Gasteiger partial charge in [-0.25, -0.2) is 19.0 Å². The normalized spacial score (nSPS) is 23.0. The first-order valence-electron chi connectivity index (χ1n) is 13.8. The maximum atomic E-state index is 15.8. The maximum Gasteiger partial charge on any atom is 0.164 e. The van der Waals surface area contributed by atoms with Crippen molar-refractivity contribution in [3.8, 4) is 22.8 Å². The number of nitrogen functional groups attached to an aromatic ring is 1. The van der Waals surface area contributed by atoms with Crippen LogP contribution in [0.25, 0.3) is 22.3 Å². The average molecular weight is 529 g/mol. The first-order valence-corrected chi connectivity index (χ1v) is 13.8. The third-order valence-corrected chi connectivity index (χ3v) is 8.31. The number of fused-ring (bicyclic) bond motifs is 1. The second-order valence-electron chi connectivity index (χ2n) is 11.0. The highest BCUT2D eigenvalue weighted by Gasteiger charge is 2.40. The zero-order chi connectivity index (χ0) is 26.3. The summed E-state index contributed by atoms with van der Waals surface area (Å²) in [4.78, 5) is 13.5. The third-order valence-electron chi connectivity index (χ3n) is 8.31. The second-order valence-corrected chi connectivity index (χ2v) is 11.0. The van der Waals surface area contributed by atoms with Gasteiger partial charge in [0.05, 0.1) is 11.4 Å². The van der Waals surface area contributed by atoms with Gasteiger partial charge in [0, 0.05) is 57.4 Å². The highest BCUT2D eigenvalue weighted by Crippen LogP contribution is 2.36. The minimum Gasteiger partial charge on any atom is -0.457 e. The van der Waals surface area contributed by atoms with E-state index in [-0.39, 0.29) is 0 Å². The largest absolute Gasteiger partial charge is 0.457 e. The van der Waals surface area contributed by atoms with Gasteiger partial charge >= 0.3 is 0 Å². The molecule has 4 aromatic rings. The monoisotopic (exact) mass is 528 g/mol. The van der Waals surface area contributed by atoms with Crippen molar-refractivity contribution in [3.63, 3.8) is 0 Å². The van der Waals surface area contributed by atoms with Crippen molar-refractivity contribution in [2.45, 2.75) is 24.7 Å². The number of likely N-dealkylation sites (tertiary alicyclic amines) is 2. The molecule has 9 nitrogen and oxygen atoms in total. The van der Waals surface area contributed by atoms with Crippen LogP contribution >= 0.6 is 0 Å². The summed E-state index contributed by atoms with van der Waals surface area (Å²) < 4.78 is 23.4. The van der Waals surface area contributed by atoms with Gasteiger partial charge in [-0.2, -0.15) is 5.10 Å². The summed E-state index contributed by atoms with van der Waals surface area (Å²) >= 11 is 0. The smallest absolute Gasteiger partial charge is 0.164 e. The lowest BCUT2D eigenvalue weighted by Gasteiger charge is -2.49. The SMILES string of the molecule is Nc1ncnc2c1c(-c1ccc(Oc3ccccc3)cc1)nn2C1CCN(C2CN(CC3CNC3)C2)C[C@@H]1F. The summed E-state index contributed by atoms with van der Waals surface area (Å²) in [6.45, 7) is 6.74. The van der Waals surface area contributed by atoms with E-state index >= 15 is 4.39 Å². The van der Waals surface area contributed by atoms with Crippen LogP contribution in [-0.4, -0.2) is 87.6 Å². The summed E-state index contributed by atoms with van der Waals surface area (Å²) in [5.41, 5.74) is 8.40. The Kier molecular flexibility index (Phi) is 6.38. The molecule has 2 aromatic heterocycles. The van der Waals surface area contributed by atoms with Crippen LogP contribution in [0.1, 0.15) is 12.5 Å². The first kappa shape index (κ1) is 24.4. The molecule has 3 N–H and O–H groups in total. The molecule has 1 unspecified atom stereocenters. The minimum absolute atomic E-state index is 0.343. The van der Waals surface area contributed by atoms with Crippen LogP contribution in [0.2, 0.25) is 0 Å². The average Bonchev–Trinajstić information content (AvgIpc) is 3.29. The number of piperidine rings is 1. The zero-order valence-electron chi connectivity index (χ0n) is 21.8. The fraction of sp³-hybridized carbons (Fsp3) is 0.414. The number of ether oxygens (including phenoxy) is 1. The summed E-state index contributed by atoms with van der Waals surface area (Å²) in [6, 6.07) is 17.4. The number of para-hydroxylation sites is 1. The fourth-order valence-electron chi connectivity index (χ4n) is 6.02. The molecule has 3 fully saturated rings. The Labute approximate surface area is 226 Å². The number of alkyl halides is 1. The van der Waals surface area contributed by atoms with Crippen LogP contribution in [0, 0.1) is 5.92 Å². The van der Waals surface area contributed by atoms with E-state index in [1.165, 1.54) is 6.33 Å². The number of nitrogens with zero attached hydrogens (tertiary/aromatic N) is 6. The quantitative estimate of drug-likeness (QED) is 0.377. The molecule has 202 valence electrons. The molecule has 0 amide bonds. The van der Waals surface area contributed by atoms with E-state index in [0.717, 1.165) is 56.5 Å². The molecule has 0 spiro atoms. The number of nitrogens with one attached hydrogen (secondary N) is 1. The molecular weight excluding hydrogens is 495 g/mol. The van der Waals surface area contributed by atoms with Gasteiger partial charge in [0.15, 0.2) is 5.65 Å². The molecule has 3 aliphatic heterocycles. The van der Waals surface area contributed by atoms with Crippen LogP contribution in [0.15, 0.2) is 60.9 Å². The topological polar surface area (TPSA) is 97.4 Å². The van der Waals surface area contributed by atoms with Crippen LogP contribution in [-0.2, 0) is 0 Å². The summed E-state index contributed by atoms with van der Waals surface area (Å²) in [5.74, 6) is 2.60. The van der Waals surface area contributed by atoms with Crippen molar-refractivity contribution in [1.29, 1.82) is 0 Å². The minimum atomic E-state index is -1.04. The number of halogens is 1. The lowest BCUT2D eigenvalue weighted by molar-refractivity contribution is -0.0201. The van der Waals surface area contributed by atoms with Gasteiger partial charge in [0.1, 0.15) is 35.5 Å². The Morgan fingerprint density at radius 2 is 1.74 bits per heavy atom. The van der Waals surface area contributed by atoms with Crippen molar-refractivity contribution in [3.05, 3.63) is 60.9 Å². The van der Waals surface area contributed by atoms with Gasteiger partial charge in [0.2, 0.25) is 0 Å². The second kappa shape index (κ2) is 10.2. The van der Waals surface area contributed by atoms with Crippen molar-refractivity contribution in [1.82, 2.24) is 34.9 Å². The number of hydrogen-bond donors (Lipinski definition) is 2. The Hall–Kier alpha value is -3.60. The van der Waals surface area contributed by atoms with Crippen LogP contribution in [0.3, 0.4) is 0 Å². The number of rotatable bonds is 7. The molecule has 5 heterocycles. The number of hydrogen-bond acceptors (Lipinski definition) is 8. The molecule has 39 heavy (non-hydrogen) atoms. The zero-order valence-corrected chi connectivity index (χ0v) is 21.8. The molecular formula is C29H33FN8O. The van der Waals surface area contributed by atoms with E-state index in [1.54, 1.807) is 4.68 Å². The predicted molar refractivity (Wildman–Crippen MR) is 148 cm³/mol. The van der Waals surface area contributed by atoms with Gasteiger partial charge in [-0.05, 0) is 48.7 Å². The van der Waals surface area contributed by atoms with Gasteiger partial charge in [-0.3, -0.25) is 9.80 Å². The van der Waals surface area contributed by atoms with Gasteiger partial charge in [-0.1, -0.05) is 18.2 Å².